The van der Waals surface area contributed by atoms with E-state index in [4.69, 9.17) is 5.11 Å². The minimum Gasteiger partial charge on any atom is -0.393 e. The van der Waals surface area contributed by atoms with Crippen molar-refractivity contribution in [2.24, 2.45) is 0 Å². The summed E-state index contributed by atoms with van der Waals surface area (Å²) in [5.41, 5.74) is 1.21. The third kappa shape index (κ3) is 2.88. The van der Waals surface area contributed by atoms with Gasteiger partial charge in [0, 0.05) is 4.90 Å². The molecule has 2 heteroatoms. The number of benzene rings is 1. The Morgan fingerprint density at radius 2 is 2.25 bits per heavy atom. The Hall–Kier alpha value is -0.470. The second kappa shape index (κ2) is 4.53. The number of aliphatic hydroxyl groups is 1. The average molecular weight is 182 g/mol. The van der Waals surface area contributed by atoms with Crippen molar-refractivity contribution in [1.29, 1.82) is 0 Å². The van der Waals surface area contributed by atoms with Gasteiger partial charge in [-0.2, -0.15) is 0 Å². The summed E-state index contributed by atoms with van der Waals surface area (Å²) in [6, 6.07) is 8.28. The van der Waals surface area contributed by atoms with E-state index in [2.05, 4.69) is 18.4 Å². The summed E-state index contributed by atoms with van der Waals surface area (Å²) < 4.78 is 0. The molecule has 0 unspecified atom stereocenters. The van der Waals surface area contributed by atoms with Crippen LogP contribution in [0.4, 0.5) is 0 Å². The summed E-state index contributed by atoms with van der Waals surface area (Å²) in [6.07, 6.45) is 2.55. The van der Waals surface area contributed by atoms with Crippen molar-refractivity contribution >= 4 is 11.8 Å². The number of rotatable bonds is 3. The molecule has 1 rings (SSSR count). The molecule has 1 N–H and O–H groups in total. The second-order valence-electron chi connectivity index (χ2n) is 2.90. The van der Waals surface area contributed by atoms with E-state index in [1.54, 1.807) is 11.8 Å². The van der Waals surface area contributed by atoms with Crippen molar-refractivity contribution in [3.8, 4) is 0 Å². The van der Waals surface area contributed by atoms with Gasteiger partial charge in [0.2, 0.25) is 0 Å². The van der Waals surface area contributed by atoms with Crippen LogP contribution in [0.3, 0.4) is 0 Å². The van der Waals surface area contributed by atoms with Gasteiger partial charge in [0.25, 0.3) is 0 Å². The lowest BCUT2D eigenvalue weighted by Crippen LogP contribution is -2.03. The molecule has 12 heavy (non-hydrogen) atoms. The molecule has 1 aromatic carbocycles. The van der Waals surface area contributed by atoms with Gasteiger partial charge in [0.05, 0.1) is 6.10 Å². The topological polar surface area (TPSA) is 20.2 Å². The molecule has 0 aromatic heterocycles. The van der Waals surface area contributed by atoms with Gasteiger partial charge in [-0.05, 0) is 37.3 Å². The molecule has 1 nitrogen and oxygen atoms in total. The van der Waals surface area contributed by atoms with Crippen LogP contribution < -0.4 is 0 Å². The molecule has 0 spiro atoms. The highest BCUT2D eigenvalue weighted by molar-refractivity contribution is 7.98. The van der Waals surface area contributed by atoms with Crippen molar-refractivity contribution < 1.29 is 5.11 Å². The zero-order valence-corrected chi connectivity index (χ0v) is 8.27. The van der Waals surface area contributed by atoms with E-state index in [0.717, 1.165) is 6.42 Å². The molecule has 0 aliphatic carbocycles. The van der Waals surface area contributed by atoms with E-state index in [9.17, 15) is 0 Å². The normalized spacial score (nSPS) is 12.9. The number of aliphatic hydroxyl groups excluding tert-OH is 1. The highest BCUT2D eigenvalue weighted by Gasteiger charge is 1.98. The van der Waals surface area contributed by atoms with E-state index in [-0.39, 0.29) is 6.10 Å². The van der Waals surface area contributed by atoms with Crippen molar-refractivity contribution in [2.75, 3.05) is 6.26 Å². The van der Waals surface area contributed by atoms with E-state index in [0.29, 0.717) is 0 Å². The van der Waals surface area contributed by atoms with Gasteiger partial charge in [-0.15, -0.1) is 11.8 Å². The maximum Gasteiger partial charge on any atom is 0.0552 e. The number of thioether (sulfide) groups is 1. The van der Waals surface area contributed by atoms with Crippen LogP contribution in [0.15, 0.2) is 29.2 Å². The molecular weight excluding hydrogens is 168 g/mol. The van der Waals surface area contributed by atoms with E-state index >= 15 is 0 Å². The first kappa shape index (κ1) is 9.62. The van der Waals surface area contributed by atoms with Crippen LogP contribution in [0.25, 0.3) is 0 Å². The molecule has 0 heterocycles. The van der Waals surface area contributed by atoms with Crippen LogP contribution in [0, 0.1) is 0 Å². The third-order valence-corrected chi connectivity index (χ3v) is 2.39. The fourth-order valence-electron chi connectivity index (χ4n) is 1.14. The van der Waals surface area contributed by atoms with Crippen molar-refractivity contribution in [2.45, 2.75) is 24.3 Å². The highest BCUT2D eigenvalue weighted by atomic mass is 32.2. The Labute approximate surface area is 77.8 Å². The quantitative estimate of drug-likeness (QED) is 0.724. The van der Waals surface area contributed by atoms with E-state index < -0.39 is 0 Å². The first-order chi connectivity index (χ1) is 5.72. The van der Waals surface area contributed by atoms with Crippen LogP contribution >= 0.6 is 11.8 Å². The van der Waals surface area contributed by atoms with Crippen molar-refractivity contribution in [3.63, 3.8) is 0 Å². The lowest BCUT2D eigenvalue weighted by atomic mass is 10.1. The molecule has 1 aromatic rings. The summed E-state index contributed by atoms with van der Waals surface area (Å²) in [4.78, 5) is 1.26. The summed E-state index contributed by atoms with van der Waals surface area (Å²) in [5, 5.41) is 9.16. The molecule has 0 amide bonds. The molecule has 1 atom stereocenters. The van der Waals surface area contributed by atoms with Gasteiger partial charge in [-0.1, -0.05) is 12.1 Å². The van der Waals surface area contributed by atoms with Gasteiger partial charge in [-0.25, -0.2) is 0 Å². The molecule has 66 valence electrons. The number of hydrogen-bond donors (Lipinski definition) is 1. The van der Waals surface area contributed by atoms with Gasteiger partial charge in [-0.3, -0.25) is 0 Å². The largest absolute Gasteiger partial charge is 0.393 e. The lowest BCUT2D eigenvalue weighted by molar-refractivity contribution is 0.195. The summed E-state index contributed by atoms with van der Waals surface area (Å²) in [6.45, 7) is 1.81. The first-order valence-electron chi connectivity index (χ1n) is 4.03. The zero-order valence-electron chi connectivity index (χ0n) is 7.45. The van der Waals surface area contributed by atoms with Crippen molar-refractivity contribution in [1.82, 2.24) is 0 Å². The summed E-state index contributed by atoms with van der Waals surface area (Å²) >= 11 is 1.73. The minimum atomic E-state index is -0.248. The van der Waals surface area contributed by atoms with Crippen molar-refractivity contribution in [3.05, 3.63) is 29.8 Å². The Bertz CT molecular complexity index is 245. The van der Waals surface area contributed by atoms with E-state index in [1.807, 2.05) is 19.1 Å². The predicted molar refractivity (Wildman–Crippen MR) is 53.6 cm³/mol. The highest BCUT2D eigenvalue weighted by Crippen LogP contribution is 2.16. The van der Waals surface area contributed by atoms with Crippen LogP contribution in [0.2, 0.25) is 0 Å². The standard InChI is InChI=1S/C10H14OS/c1-8(11)6-9-4-3-5-10(7-9)12-2/h3-5,7-8,11H,6H2,1-2H3/t8-/m1/s1. The monoisotopic (exact) mass is 182 g/mol. The SMILES string of the molecule is CSc1cccc(C[C@@H](C)O)c1. The molecule has 0 fully saturated rings. The molecule has 0 bridgehead atoms. The first-order valence-corrected chi connectivity index (χ1v) is 5.26. The molecular formula is C10H14OS. The molecule has 0 saturated carbocycles. The smallest absolute Gasteiger partial charge is 0.0552 e. The molecule has 0 aliphatic rings. The van der Waals surface area contributed by atoms with Crippen LogP contribution in [0.5, 0.6) is 0 Å². The summed E-state index contributed by atoms with van der Waals surface area (Å²) in [5.74, 6) is 0. The Morgan fingerprint density at radius 3 is 2.83 bits per heavy atom. The fourth-order valence-corrected chi connectivity index (χ4v) is 1.62. The Balaban J connectivity index is 2.72. The Morgan fingerprint density at radius 1 is 1.50 bits per heavy atom. The molecule has 0 radical (unpaired) electrons. The summed E-state index contributed by atoms with van der Waals surface area (Å²) in [7, 11) is 0. The minimum absolute atomic E-state index is 0.248. The maximum absolute atomic E-state index is 9.16. The van der Waals surface area contributed by atoms with Gasteiger partial charge < -0.3 is 5.11 Å². The van der Waals surface area contributed by atoms with Crippen LogP contribution in [0.1, 0.15) is 12.5 Å². The average Bonchev–Trinajstić information content (AvgIpc) is 2.03. The van der Waals surface area contributed by atoms with Crippen LogP contribution in [-0.4, -0.2) is 17.5 Å². The van der Waals surface area contributed by atoms with Crippen LogP contribution in [-0.2, 0) is 6.42 Å². The lowest BCUT2D eigenvalue weighted by Gasteiger charge is -2.05. The van der Waals surface area contributed by atoms with E-state index in [1.165, 1.54) is 10.5 Å². The van der Waals surface area contributed by atoms with Gasteiger partial charge in [0.15, 0.2) is 0 Å². The van der Waals surface area contributed by atoms with Gasteiger partial charge in [0.1, 0.15) is 0 Å². The molecule has 0 aliphatic heterocycles. The van der Waals surface area contributed by atoms with Gasteiger partial charge >= 0.3 is 0 Å². The zero-order chi connectivity index (χ0) is 8.97. The molecule has 0 saturated heterocycles. The maximum atomic E-state index is 9.16. The fraction of sp³-hybridized carbons (Fsp3) is 0.400. The third-order valence-electron chi connectivity index (χ3n) is 1.67. The predicted octanol–water partition coefficient (Wildman–Crippen LogP) is 2.33. The number of hydrogen-bond acceptors (Lipinski definition) is 2. The Kier molecular flexibility index (Phi) is 3.63. The second-order valence-corrected chi connectivity index (χ2v) is 3.78.